The summed E-state index contributed by atoms with van der Waals surface area (Å²) in [7, 11) is 0. The predicted molar refractivity (Wildman–Crippen MR) is 51.1 cm³/mol. The first-order valence-electron chi connectivity index (χ1n) is 4.27. The third-order valence-electron chi connectivity index (χ3n) is 2.37. The molecule has 1 aliphatic rings. The molecular formula is C8H12BrN3. The summed E-state index contributed by atoms with van der Waals surface area (Å²) in [5.41, 5.74) is 1.26. The summed E-state index contributed by atoms with van der Waals surface area (Å²) in [6.07, 6.45) is 4.25. The molecule has 2 rings (SSSR count). The Balaban J connectivity index is 2.13. The SMILES string of the molecule is Brc1cn[nH]c1C1CCNCC1. The van der Waals surface area contributed by atoms with Crippen LogP contribution in [-0.4, -0.2) is 23.3 Å². The Morgan fingerprint density at radius 1 is 1.42 bits per heavy atom. The fourth-order valence-corrected chi connectivity index (χ4v) is 2.19. The lowest BCUT2D eigenvalue weighted by molar-refractivity contribution is 0.452. The van der Waals surface area contributed by atoms with Crippen molar-refractivity contribution in [1.82, 2.24) is 15.5 Å². The van der Waals surface area contributed by atoms with E-state index in [1.807, 2.05) is 6.20 Å². The van der Waals surface area contributed by atoms with Gasteiger partial charge in [0, 0.05) is 5.92 Å². The molecule has 2 N–H and O–H groups in total. The molecule has 2 heterocycles. The molecule has 3 nitrogen and oxygen atoms in total. The monoisotopic (exact) mass is 229 g/mol. The minimum atomic E-state index is 0.656. The highest BCUT2D eigenvalue weighted by Gasteiger charge is 2.18. The van der Waals surface area contributed by atoms with Crippen molar-refractivity contribution in [2.45, 2.75) is 18.8 Å². The van der Waals surface area contributed by atoms with Crippen LogP contribution in [0.5, 0.6) is 0 Å². The Morgan fingerprint density at radius 3 is 2.75 bits per heavy atom. The lowest BCUT2D eigenvalue weighted by Gasteiger charge is -2.21. The zero-order valence-corrected chi connectivity index (χ0v) is 8.39. The van der Waals surface area contributed by atoms with Gasteiger partial charge in [0.2, 0.25) is 0 Å². The van der Waals surface area contributed by atoms with E-state index in [1.54, 1.807) is 0 Å². The van der Waals surface area contributed by atoms with Crippen LogP contribution in [-0.2, 0) is 0 Å². The molecule has 1 aliphatic heterocycles. The molecule has 4 heteroatoms. The van der Waals surface area contributed by atoms with E-state index >= 15 is 0 Å². The third-order valence-corrected chi connectivity index (χ3v) is 3.00. The smallest absolute Gasteiger partial charge is 0.0632 e. The minimum Gasteiger partial charge on any atom is -0.317 e. The number of aromatic nitrogens is 2. The van der Waals surface area contributed by atoms with Crippen LogP contribution in [0.3, 0.4) is 0 Å². The molecule has 66 valence electrons. The van der Waals surface area contributed by atoms with Gasteiger partial charge in [0.25, 0.3) is 0 Å². The van der Waals surface area contributed by atoms with Crippen LogP contribution in [0.15, 0.2) is 10.7 Å². The van der Waals surface area contributed by atoms with Gasteiger partial charge in [-0.1, -0.05) is 0 Å². The maximum atomic E-state index is 4.00. The van der Waals surface area contributed by atoms with Crippen LogP contribution in [0.25, 0.3) is 0 Å². The number of rotatable bonds is 1. The average Bonchev–Trinajstić information content (AvgIpc) is 2.53. The van der Waals surface area contributed by atoms with E-state index < -0.39 is 0 Å². The van der Waals surface area contributed by atoms with Crippen LogP contribution in [0.4, 0.5) is 0 Å². The normalized spacial score (nSPS) is 19.8. The Hall–Kier alpha value is -0.350. The van der Waals surface area contributed by atoms with Gasteiger partial charge in [0.05, 0.1) is 16.4 Å². The fraction of sp³-hybridized carbons (Fsp3) is 0.625. The zero-order valence-electron chi connectivity index (χ0n) is 6.81. The van der Waals surface area contributed by atoms with Gasteiger partial charge in [-0.2, -0.15) is 5.10 Å². The van der Waals surface area contributed by atoms with E-state index in [0.29, 0.717) is 5.92 Å². The Bertz CT molecular complexity index is 253. The van der Waals surface area contributed by atoms with Crippen molar-refractivity contribution in [2.24, 2.45) is 0 Å². The topological polar surface area (TPSA) is 40.7 Å². The van der Waals surface area contributed by atoms with Crippen LogP contribution in [0.2, 0.25) is 0 Å². The number of hydrogen-bond donors (Lipinski definition) is 2. The lowest BCUT2D eigenvalue weighted by atomic mass is 9.95. The second-order valence-corrected chi connectivity index (χ2v) is 4.01. The molecule has 0 amide bonds. The Kier molecular flexibility index (Phi) is 2.46. The van der Waals surface area contributed by atoms with Gasteiger partial charge >= 0.3 is 0 Å². The lowest BCUT2D eigenvalue weighted by Crippen LogP contribution is -2.26. The van der Waals surface area contributed by atoms with E-state index in [2.05, 4.69) is 31.4 Å². The van der Waals surface area contributed by atoms with E-state index in [-0.39, 0.29) is 0 Å². The van der Waals surface area contributed by atoms with Crippen molar-refractivity contribution in [3.63, 3.8) is 0 Å². The zero-order chi connectivity index (χ0) is 8.39. The maximum Gasteiger partial charge on any atom is 0.0632 e. The summed E-state index contributed by atoms with van der Waals surface area (Å²) in [5, 5.41) is 10.4. The molecule has 0 aliphatic carbocycles. The van der Waals surface area contributed by atoms with Gasteiger partial charge in [0.1, 0.15) is 0 Å². The van der Waals surface area contributed by atoms with Crippen LogP contribution < -0.4 is 5.32 Å². The number of halogens is 1. The molecule has 0 spiro atoms. The van der Waals surface area contributed by atoms with Gasteiger partial charge in [0.15, 0.2) is 0 Å². The fourth-order valence-electron chi connectivity index (χ4n) is 1.68. The molecule has 12 heavy (non-hydrogen) atoms. The summed E-state index contributed by atoms with van der Waals surface area (Å²) in [6, 6.07) is 0. The molecule has 0 saturated carbocycles. The van der Waals surface area contributed by atoms with Crippen molar-refractivity contribution in [2.75, 3.05) is 13.1 Å². The van der Waals surface area contributed by atoms with Crippen molar-refractivity contribution in [3.8, 4) is 0 Å². The minimum absolute atomic E-state index is 0.656. The largest absolute Gasteiger partial charge is 0.317 e. The number of nitrogens with zero attached hydrogens (tertiary/aromatic N) is 1. The number of H-pyrrole nitrogens is 1. The molecule has 1 aromatic rings. The second kappa shape index (κ2) is 3.58. The Labute approximate surface area is 80.1 Å². The first kappa shape index (κ1) is 8.26. The van der Waals surface area contributed by atoms with Crippen molar-refractivity contribution < 1.29 is 0 Å². The highest BCUT2D eigenvalue weighted by molar-refractivity contribution is 9.10. The number of piperidine rings is 1. The van der Waals surface area contributed by atoms with Crippen LogP contribution >= 0.6 is 15.9 Å². The first-order chi connectivity index (χ1) is 5.88. The summed E-state index contributed by atoms with van der Waals surface area (Å²) < 4.78 is 1.12. The third kappa shape index (κ3) is 1.54. The maximum absolute atomic E-state index is 4.00. The summed E-state index contributed by atoms with van der Waals surface area (Å²) >= 11 is 3.49. The second-order valence-electron chi connectivity index (χ2n) is 3.16. The van der Waals surface area contributed by atoms with Gasteiger partial charge in [-0.25, -0.2) is 0 Å². The molecule has 0 radical (unpaired) electrons. The Morgan fingerprint density at radius 2 is 2.17 bits per heavy atom. The van der Waals surface area contributed by atoms with Gasteiger partial charge in [-0.05, 0) is 41.9 Å². The van der Waals surface area contributed by atoms with Gasteiger partial charge in [-0.3, -0.25) is 5.10 Å². The van der Waals surface area contributed by atoms with Gasteiger partial charge < -0.3 is 5.32 Å². The summed E-state index contributed by atoms with van der Waals surface area (Å²) in [5.74, 6) is 0.656. The van der Waals surface area contributed by atoms with Crippen molar-refractivity contribution >= 4 is 15.9 Å². The molecular weight excluding hydrogens is 218 g/mol. The highest BCUT2D eigenvalue weighted by Crippen LogP contribution is 2.28. The van der Waals surface area contributed by atoms with E-state index in [9.17, 15) is 0 Å². The molecule has 1 fully saturated rings. The summed E-state index contributed by atoms with van der Waals surface area (Å²) in [4.78, 5) is 0. The van der Waals surface area contributed by atoms with Crippen LogP contribution in [0, 0.1) is 0 Å². The van der Waals surface area contributed by atoms with E-state index in [4.69, 9.17) is 0 Å². The van der Waals surface area contributed by atoms with Crippen LogP contribution in [0.1, 0.15) is 24.5 Å². The molecule has 0 bridgehead atoms. The van der Waals surface area contributed by atoms with Crippen molar-refractivity contribution in [1.29, 1.82) is 0 Å². The number of nitrogens with one attached hydrogen (secondary N) is 2. The standard InChI is InChI=1S/C8H12BrN3/c9-7-5-11-12-8(7)6-1-3-10-4-2-6/h5-6,10H,1-4H2,(H,11,12). The highest BCUT2D eigenvalue weighted by atomic mass is 79.9. The molecule has 0 unspecified atom stereocenters. The average molecular weight is 230 g/mol. The summed E-state index contributed by atoms with van der Waals surface area (Å²) in [6.45, 7) is 2.24. The number of hydrogen-bond acceptors (Lipinski definition) is 2. The molecule has 1 aromatic heterocycles. The van der Waals surface area contributed by atoms with Gasteiger partial charge in [-0.15, -0.1) is 0 Å². The van der Waals surface area contributed by atoms with E-state index in [1.165, 1.54) is 18.5 Å². The molecule has 0 atom stereocenters. The molecule has 1 saturated heterocycles. The first-order valence-corrected chi connectivity index (χ1v) is 5.06. The quantitative estimate of drug-likeness (QED) is 0.769. The predicted octanol–water partition coefficient (Wildman–Crippen LogP) is 1.64. The molecule has 0 aromatic carbocycles. The number of aromatic amines is 1. The van der Waals surface area contributed by atoms with Crippen molar-refractivity contribution in [3.05, 3.63) is 16.4 Å². The van der Waals surface area contributed by atoms with E-state index in [0.717, 1.165) is 17.6 Å².